The Labute approximate surface area is 147 Å². The minimum atomic E-state index is -0.248. The first-order valence-electron chi connectivity index (χ1n) is 7.55. The number of rotatable bonds is 7. The number of hydrogen-bond donors (Lipinski definition) is 3. The second-order valence-electron chi connectivity index (χ2n) is 6.06. The summed E-state index contributed by atoms with van der Waals surface area (Å²) in [4.78, 5) is 24.7. The van der Waals surface area contributed by atoms with Crippen molar-refractivity contribution in [2.45, 2.75) is 26.8 Å². The van der Waals surface area contributed by atoms with Gasteiger partial charge >= 0.3 is 0 Å². The maximum absolute atomic E-state index is 12.1. The Bertz CT molecular complexity index is 544. The number of para-hydroxylation sites is 1. The number of anilines is 1. The predicted octanol–water partition coefficient (Wildman–Crippen LogP) is 1.61. The molecule has 0 aliphatic heterocycles. The van der Waals surface area contributed by atoms with E-state index in [0.29, 0.717) is 21.7 Å². The van der Waals surface area contributed by atoms with E-state index < -0.39 is 0 Å². The molecule has 0 bridgehead atoms. The van der Waals surface area contributed by atoms with Crippen molar-refractivity contribution < 1.29 is 14.5 Å². The number of nitrogens with one attached hydrogen (secondary N) is 3. The van der Waals surface area contributed by atoms with Gasteiger partial charge in [-0.3, -0.25) is 9.59 Å². The van der Waals surface area contributed by atoms with Gasteiger partial charge in [0.25, 0.3) is 11.8 Å². The van der Waals surface area contributed by atoms with Gasteiger partial charge in [-0.05, 0) is 25.0 Å². The molecule has 0 aliphatic rings. The molecule has 1 aromatic rings. The Morgan fingerprint density at radius 3 is 2.13 bits per heavy atom. The summed E-state index contributed by atoms with van der Waals surface area (Å²) in [6.07, 6.45) is 0. The zero-order chi connectivity index (χ0) is 17.6. The van der Waals surface area contributed by atoms with E-state index in [1.807, 2.05) is 20.8 Å². The van der Waals surface area contributed by atoms with E-state index in [9.17, 15) is 9.59 Å². The molecule has 0 spiro atoms. The largest absolute Gasteiger partial charge is 0.348 e. The lowest BCUT2D eigenvalue weighted by Crippen LogP contribution is -3.11. The third-order valence-corrected chi connectivity index (χ3v) is 4.17. The first-order valence-corrected chi connectivity index (χ1v) is 8.30. The molecule has 0 saturated carbocycles. The van der Waals surface area contributed by atoms with E-state index in [2.05, 4.69) is 10.6 Å². The fourth-order valence-electron chi connectivity index (χ4n) is 1.88. The zero-order valence-electron chi connectivity index (χ0n) is 13.9. The lowest BCUT2D eigenvalue weighted by molar-refractivity contribution is -0.862. The normalized spacial score (nSPS) is 13.5. The van der Waals surface area contributed by atoms with Crippen LogP contribution in [0.4, 0.5) is 5.69 Å². The van der Waals surface area contributed by atoms with E-state index in [4.69, 9.17) is 23.2 Å². The molecule has 0 aliphatic carbocycles. The minimum absolute atomic E-state index is 0.0766. The molecule has 0 fully saturated rings. The summed E-state index contributed by atoms with van der Waals surface area (Å²) in [7, 11) is 1.79. The Morgan fingerprint density at radius 2 is 1.61 bits per heavy atom. The predicted molar refractivity (Wildman–Crippen MR) is 94.2 cm³/mol. The van der Waals surface area contributed by atoms with Crippen molar-refractivity contribution in [2.75, 3.05) is 25.5 Å². The molecular weight excluding hydrogens is 337 g/mol. The van der Waals surface area contributed by atoms with Crippen molar-refractivity contribution in [1.29, 1.82) is 0 Å². The molecule has 2 atom stereocenters. The van der Waals surface area contributed by atoms with Gasteiger partial charge in [-0.15, -0.1) is 0 Å². The average molecular weight is 361 g/mol. The molecule has 23 heavy (non-hydrogen) atoms. The van der Waals surface area contributed by atoms with Gasteiger partial charge < -0.3 is 15.5 Å². The van der Waals surface area contributed by atoms with Crippen LogP contribution in [-0.4, -0.2) is 38.0 Å². The molecule has 0 aromatic heterocycles. The Morgan fingerprint density at radius 1 is 1.09 bits per heavy atom. The maximum atomic E-state index is 12.1. The van der Waals surface area contributed by atoms with Gasteiger partial charge in [0.2, 0.25) is 0 Å². The van der Waals surface area contributed by atoms with Crippen LogP contribution < -0.4 is 15.5 Å². The fourth-order valence-corrected chi connectivity index (χ4v) is 2.38. The van der Waals surface area contributed by atoms with Crippen LogP contribution in [0.25, 0.3) is 0 Å². The van der Waals surface area contributed by atoms with Crippen LogP contribution in [0.5, 0.6) is 0 Å². The van der Waals surface area contributed by atoms with E-state index in [-0.39, 0.29) is 30.9 Å². The maximum Gasteiger partial charge on any atom is 0.279 e. The van der Waals surface area contributed by atoms with E-state index in [0.717, 1.165) is 4.90 Å². The average Bonchev–Trinajstić information content (AvgIpc) is 2.42. The minimum Gasteiger partial charge on any atom is -0.348 e. The van der Waals surface area contributed by atoms with Gasteiger partial charge in [-0.25, -0.2) is 0 Å². The van der Waals surface area contributed by atoms with Crippen LogP contribution in [-0.2, 0) is 9.59 Å². The molecule has 1 rings (SSSR count). The Kier molecular flexibility index (Phi) is 7.82. The summed E-state index contributed by atoms with van der Waals surface area (Å²) in [5, 5.41) is 6.37. The van der Waals surface area contributed by atoms with Crippen LogP contribution in [0.15, 0.2) is 18.2 Å². The molecular formula is C16H24Cl2N3O2+. The second-order valence-corrected chi connectivity index (χ2v) is 6.87. The number of likely N-dealkylation sites (N-methyl/N-ethyl adjacent to an activating group) is 1. The Hall–Kier alpha value is -1.30. The molecule has 3 N–H and O–H groups in total. The standard InChI is InChI=1S/C16H23Cl2N3O2/c1-10(2)11(3)19-14(22)8-21(4)9-15(23)20-16-12(17)6-5-7-13(16)18/h5-7,10-11H,8-9H2,1-4H3,(H,19,22)(H,20,23)/p+1/t11-/m1/s1. The number of halogens is 2. The molecule has 7 heteroatoms. The molecule has 0 saturated heterocycles. The summed E-state index contributed by atoms with van der Waals surface area (Å²) in [6, 6.07) is 5.12. The van der Waals surface area contributed by atoms with Gasteiger partial charge in [-0.1, -0.05) is 43.1 Å². The highest BCUT2D eigenvalue weighted by molar-refractivity contribution is 6.39. The van der Waals surface area contributed by atoms with Gasteiger partial charge in [0.05, 0.1) is 22.8 Å². The van der Waals surface area contributed by atoms with Gasteiger partial charge in [0, 0.05) is 6.04 Å². The summed E-state index contributed by atoms with van der Waals surface area (Å²) in [6.45, 7) is 6.42. The van der Waals surface area contributed by atoms with Crippen molar-refractivity contribution in [1.82, 2.24) is 5.32 Å². The first-order chi connectivity index (χ1) is 10.7. The number of carbonyl (C=O) groups excluding carboxylic acids is 2. The summed E-state index contributed by atoms with van der Waals surface area (Å²) < 4.78 is 0. The highest BCUT2D eigenvalue weighted by Crippen LogP contribution is 2.29. The molecule has 128 valence electrons. The molecule has 5 nitrogen and oxygen atoms in total. The third kappa shape index (κ3) is 6.77. The number of amides is 2. The van der Waals surface area contributed by atoms with Crippen molar-refractivity contribution in [3.63, 3.8) is 0 Å². The van der Waals surface area contributed by atoms with Gasteiger partial charge in [0.15, 0.2) is 13.1 Å². The topological polar surface area (TPSA) is 62.6 Å². The van der Waals surface area contributed by atoms with E-state index >= 15 is 0 Å². The highest BCUT2D eigenvalue weighted by atomic mass is 35.5. The summed E-state index contributed by atoms with van der Waals surface area (Å²) in [5.74, 6) is 0.0411. The zero-order valence-corrected chi connectivity index (χ0v) is 15.4. The third-order valence-electron chi connectivity index (χ3n) is 3.54. The number of hydrogen-bond acceptors (Lipinski definition) is 2. The lowest BCUT2D eigenvalue weighted by atomic mass is 10.1. The van der Waals surface area contributed by atoms with Crippen LogP contribution >= 0.6 is 23.2 Å². The van der Waals surface area contributed by atoms with Crippen LogP contribution in [0.2, 0.25) is 10.0 Å². The second kappa shape index (κ2) is 9.11. The number of benzene rings is 1. The van der Waals surface area contributed by atoms with Crippen molar-refractivity contribution in [3.05, 3.63) is 28.2 Å². The van der Waals surface area contributed by atoms with Gasteiger partial charge in [-0.2, -0.15) is 0 Å². The smallest absolute Gasteiger partial charge is 0.279 e. The van der Waals surface area contributed by atoms with E-state index in [1.165, 1.54) is 0 Å². The quantitative estimate of drug-likeness (QED) is 0.691. The van der Waals surface area contributed by atoms with E-state index in [1.54, 1.807) is 25.2 Å². The highest BCUT2D eigenvalue weighted by Gasteiger charge is 2.18. The number of carbonyl (C=O) groups is 2. The summed E-state index contributed by atoms with van der Waals surface area (Å²) >= 11 is 12.0. The molecule has 2 amide bonds. The molecule has 1 aromatic carbocycles. The van der Waals surface area contributed by atoms with Crippen molar-refractivity contribution >= 4 is 40.7 Å². The number of quaternary nitrogens is 1. The molecule has 0 heterocycles. The summed E-state index contributed by atoms with van der Waals surface area (Å²) in [5.41, 5.74) is 0.395. The van der Waals surface area contributed by atoms with Gasteiger partial charge in [0.1, 0.15) is 0 Å². The first kappa shape index (κ1) is 19.7. The monoisotopic (exact) mass is 360 g/mol. The fraction of sp³-hybridized carbons (Fsp3) is 0.500. The Balaban J connectivity index is 2.49. The van der Waals surface area contributed by atoms with Crippen LogP contribution in [0, 0.1) is 5.92 Å². The van der Waals surface area contributed by atoms with Crippen LogP contribution in [0.1, 0.15) is 20.8 Å². The molecule has 1 unspecified atom stereocenters. The van der Waals surface area contributed by atoms with Crippen molar-refractivity contribution in [3.8, 4) is 0 Å². The van der Waals surface area contributed by atoms with Crippen molar-refractivity contribution in [2.24, 2.45) is 5.92 Å². The molecule has 0 radical (unpaired) electrons. The lowest BCUT2D eigenvalue weighted by Gasteiger charge is -2.19. The SMILES string of the molecule is CC(C)[C@@H](C)NC(=O)C[NH+](C)CC(=O)Nc1c(Cl)cccc1Cl. The van der Waals surface area contributed by atoms with Crippen LogP contribution in [0.3, 0.4) is 0 Å².